The molecule has 1 atom stereocenters. The zero-order valence-electron chi connectivity index (χ0n) is 24.0. The Balaban J connectivity index is 1.33. The monoisotopic (exact) mass is 593 g/mol. The second-order valence-electron chi connectivity index (χ2n) is 10.7. The number of imidazole rings is 1. The number of benzene rings is 3. The molecule has 1 unspecified atom stereocenters. The molecule has 0 bridgehead atoms. The van der Waals surface area contributed by atoms with Crippen molar-refractivity contribution in [2.24, 2.45) is 5.92 Å². The number of alkyl halides is 3. The van der Waals surface area contributed by atoms with E-state index in [4.69, 9.17) is 4.74 Å². The minimum Gasteiger partial charge on any atom is -0.493 e. The molecule has 2 aliphatic heterocycles. The molecule has 2 heterocycles. The van der Waals surface area contributed by atoms with E-state index in [9.17, 15) is 22.0 Å². The first-order chi connectivity index (χ1) is 20.7. The highest BCUT2D eigenvalue weighted by atomic mass is 19.4. The number of nitrogens with zero attached hydrogens (tertiary/aromatic N) is 3. The average molecular weight is 594 g/mol. The van der Waals surface area contributed by atoms with Crippen molar-refractivity contribution in [2.45, 2.75) is 52.3 Å². The molecule has 43 heavy (non-hydrogen) atoms. The first-order valence-corrected chi connectivity index (χ1v) is 14.4. The smallest absolute Gasteiger partial charge is 0.417 e. The third kappa shape index (κ3) is 7.04. The molecule has 3 aromatic rings. The fourth-order valence-electron chi connectivity index (χ4n) is 5.06. The summed E-state index contributed by atoms with van der Waals surface area (Å²) in [5.74, 6) is -1.36. The molecule has 0 aromatic heterocycles. The van der Waals surface area contributed by atoms with E-state index in [1.807, 2.05) is 4.57 Å². The summed E-state index contributed by atoms with van der Waals surface area (Å²) in [6.45, 7) is 4.99. The lowest BCUT2D eigenvalue weighted by Crippen LogP contribution is -2.12. The summed E-state index contributed by atoms with van der Waals surface area (Å²) in [5.41, 5.74) is 1.67. The number of rotatable bonds is 11. The molecule has 0 saturated carbocycles. The second kappa shape index (κ2) is 12.9. The van der Waals surface area contributed by atoms with Gasteiger partial charge >= 0.3 is 6.18 Å². The van der Waals surface area contributed by atoms with Crippen molar-refractivity contribution in [1.29, 1.82) is 0 Å². The maximum Gasteiger partial charge on any atom is 0.417 e. The van der Waals surface area contributed by atoms with Crippen molar-refractivity contribution >= 4 is 0 Å². The van der Waals surface area contributed by atoms with Gasteiger partial charge in [-0.15, -0.1) is 0 Å². The molecule has 0 N–H and O–H groups in total. The van der Waals surface area contributed by atoms with Crippen LogP contribution in [-0.2, 0) is 12.7 Å². The van der Waals surface area contributed by atoms with Gasteiger partial charge in [-0.1, -0.05) is 69.5 Å². The van der Waals surface area contributed by atoms with Gasteiger partial charge in [0.1, 0.15) is 11.4 Å². The average Bonchev–Trinajstić information content (AvgIpc) is 3.42. The molecule has 9 heteroatoms. The molecule has 0 amide bonds. The molecular formula is C34H32F5N3O. The molecule has 0 fully saturated rings. The number of unbranched alkanes of at least 4 members (excludes halogenated alkanes) is 1. The SMILES string of the molecule is CCCCC(CC)COc1ccc(-c2ccc(Cn3ccc4nc(-c5cccc(F)c5F)nc-4c3)cc2)c(C(F)(F)F)c1. The van der Waals surface area contributed by atoms with Crippen molar-refractivity contribution in [2.75, 3.05) is 6.61 Å². The Morgan fingerprint density at radius 3 is 2.37 bits per heavy atom. The maximum absolute atomic E-state index is 14.2. The van der Waals surface area contributed by atoms with Gasteiger partial charge in [-0.05, 0) is 59.4 Å². The van der Waals surface area contributed by atoms with Crippen molar-refractivity contribution in [3.05, 3.63) is 102 Å². The lowest BCUT2D eigenvalue weighted by molar-refractivity contribution is -0.137. The van der Waals surface area contributed by atoms with E-state index >= 15 is 0 Å². The largest absolute Gasteiger partial charge is 0.493 e. The number of aromatic nitrogens is 3. The zero-order valence-corrected chi connectivity index (χ0v) is 24.0. The summed E-state index contributed by atoms with van der Waals surface area (Å²) >= 11 is 0. The summed E-state index contributed by atoms with van der Waals surface area (Å²) in [6, 6.07) is 16.6. The normalized spacial score (nSPS) is 12.5. The number of hydrogen-bond acceptors (Lipinski definition) is 3. The van der Waals surface area contributed by atoms with E-state index in [0.717, 1.165) is 43.4 Å². The molecule has 2 aliphatic rings. The van der Waals surface area contributed by atoms with Crippen molar-refractivity contribution < 1.29 is 26.7 Å². The minimum atomic E-state index is -4.54. The van der Waals surface area contributed by atoms with Gasteiger partial charge in [0.05, 0.1) is 23.4 Å². The zero-order chi connectivity index (χ0) is 30.6. The Morgan fingerprint density at radius 1 is 0.884 bits per heavy atom. The summed E-state index contributed by atoms with van der Waals surface area (Å²) in [4.78, 5) is 8.68. The van der Waals surface area contributed by atoms with Crippen LogP contribution in [0.2, 0.25) is 0 Å². The van der Waals surface area contributed by atoms with Gasteiger partial charge in [-0.25, -0.2) is 18.7 Å². The Kier molecular flexibility index (Phi) is 9.08. The van der Waals surface area contributed by atoms with Crippen LogP contribution in [0.15, 0.2) is 79.1 Å². The molecule has 224 valence electrons. The van der Waals surface area contributed by atoms with Crippen molar-refractivity contribution in [3.63, 3.8) is 0 Å². The molecule has 0 saturated heterocycles. The van der Waals surface area contributed by atoms with Gasteiger partial charge < -0.3 is 9.30 Å². The van der Waals surface area contributed by atoms with Gasteiger partial charge in [0.25, 0.3) is 0 Å². The Hall–Kier alpha value is -4.27. The summed E-state index contributed by atoms with van der Waals surface area (Å²) in [7, 11) is 0. The van der Waals surface area contributed by atoms with E-state index in [-0.39, 0.29) is 22.7 Å². The Labute approximate surface area is 247 Å². The van der Waals surface area contributed by atoms with Gasteiger partial charge in [-0.2, -0.15) is 13.2 Å². The highest BCUT2D eigenvalue weighted by Gasteiger charge is 2.34. The summed E-state index contributed by atoms with van der Waals surface area (Å²) < 4.78 is 77.8. The third-order valence-corrected chi connectivity index (χ3v) is 7.58. The van der Waals surface area contributed by atoms with Crippen LogP contribution in [0, 0.1) is 17.6 Å². The van der Waals surface area contributed by atoms with Crippen LogP contribution in [0.1, 0.15) is 50.7 Å². The standard InChI is InChI=1S/C34H32F5N3O/c1-3-5-7-22(4-2)21-43-25-14-15-26(28(18-25)34(37,38)39)24-12-10-23(11-13-24)19-42-17-16-30-31(20-42)41-33(40-30)27-8-6-9-29(35)32(27)36/h6,8-18,20,22H,3-5,7,19,21H2,1-2H3. The fraction of sp³-hybridized carbons (Fsp3) is 0.294. The maximum atomic E-state index is 14.2. The predicted molar refractivity (Wildman–Crippen MR) is 157 cm³/mol. The number of halogens is 5. The molecular weight excluding hydrogens is 561 g/mol. The quantitative estimate of drug-likeness (QED) is 0.143. The summed E-state index contributed by atoms with van der Waals surface area (Å²) in [5, 5.41) is 0. The molecule has 4 nitrogen and oxygen atoms in total. The molecule has 0 spiro atoms. The lowest BCUT2D eigenvalue weighted by Gasteiger charge is -2.18. The fourth-order valence-corrected chi connectivity index (χ4v) is 5.06. The van der Waals surface area contributed by atoms with E-state index in [2.05, 4.69) is 23.8 Å². The number of ether oxygens (including phenoxy) is 1. The molecule has 0 aliphatic carbocycles. The van der Waals surface area contributed by atoms with Crippen molar-refractivity contribution in [1.82, 2.24) is 14.5 Å². The molecule has 0 radical (unpaired) electrons. The van der Waals surface area contributed by atoms with Crippen LogP contribution in [0.3, 0.4) is 0 Å². The van der Waals surface area contributed by atoms with Crippen LogP contribution in [0.25, 0.3) is 33.9 Å². The van der Waals surface area contributed by atoms with Crippen molar-refractivity contribution in [3.8, 4) is 39.7 Å². The van der Waals surface area contributed by atoms with Gasteiger partial charge in [0.15, 0.2) is 17.5 Å². The van der Waals surface area contributed by atoms with E-state index < -0.39 is 23.4 Å². The first-order valence-electron chi connectivity index (χ1n) is 14.4. The van der Waals surface area contributed by atoms with Gasteiger partial charge in [-0.3, -0.25) is 0 Å². The Bertz CT molecular complexity index is 1650. The lowest BCUT2D eigenvalue weighted by atomic mass is 9.97. The topological polar surface area (TPSA) is 39.9 Å². The number of hydrogen-bond donors (Lipinski definition) is 0. The van der Waals surface area contributed by atoms with Gasteiger partial charge in [0, 0.05) is 18.9 Å². The first kappa shape index (κ1) is 30.2. The van der Waals surface area contributed by atoms with Gasteiger partial charge in [0.2, 0.25) is 0 Å². The highest BCUT2D eigenvalue weighted by molar-refractivity contribution is 5.70. The van der Waals surface area contributed by atoms with E-state index in [0.29, 0.717) is 36.0 Å². The predicted octanol–water partition coefficient (Wildman–Crippen LogP) is 9.66. The molecule has 3 aromatic carbocycles. The molecule has 5 rings (SSSR count). The number of fused-ring (bicyclic) bond motifs is 1. The highest BCUT2D eigenvalue weighted by Crippen LogP contribution is 2.39. The van der Waals surface area contributed by atoms with Crippen LogP contribution >= 0.6 is 0 Å². The van der Waals surface area contributed by atoms with E-state index in [1.54, 1.807) is 48.8 Å². The van der Waals surface area contributed by atoms with Crippen LogP contribution in [-0.4, -0.2) is 21.1 Å². The van der Waals surface area contributed by atoms with Crippen LogP contribution < -0.4 is 4.74 Å². The Morgan fingerprint density at radius 2 is 1.65 bits per heavy atom. The number of pyridine rings is 1. The van der Waals surface area contributed by atoms with E-state index in [1.165, 1.54) is 18.2 Å². The third-order valence-electron chi connectivity index (χ3n) is 7.58. The van der Waals surface area contributed by atoms with Crippen LogP contribution in [0.4, 0.5) is 22.0 Å². The minimum absolute atomic E-state index is 0.0201. The second-order valence-corrected chi connectivity index (χ2v) is 10.7. The van der Waals surface area contributed by atoms with Crippen LogP contribution in [0.5, 0.6) is 5.75 Å². The summed E-state index contributed by atoms with van der Waals surface area (Å²) in [6.07, 6.45) is 3.02.